The lowest BCUT2D eigenvalue weighted by Crippen LogP contribution is -2.49. The minimum absolute atomic E-state index is 0. The van der Waals surface area contributed by atoms with Crippen molar-refractivity contribution in [2.45, 2.75) is 19.5 Å². The lowest BCUT2D eigenvalue weighted by atomic mass is 10.1. The van der Waals surface area contributed by atoms with Crippen LogP contribution in [0.4, 0.5) is 5.69 Å². The molecular weight excluding hydrogens is 583 g/mol. The number of nitrogens with one attached hydrogen (secondary N) is 3. The molecular formula is C25H26Cl2N6O4S2. The number of piperazine rings is 1. The number of halogens is 2. The molecule has 4 amide bonds. The Balaban J connectivity index is 0.00000353. The maximum absolute atomic E-state index is 13.2. The van der Waals surface area contributed by atoms with E-state index in [1.807, 2.05) is 7.05 Å². The fourth-order valence-electron chi connectivity index (χ4n) is 4.27. The van der Waals surface area contributed by atoms with Gasteiger partial charge in [0.1, 0.15) is 0 Å². The quantitative estimate of drug-likeness (QED) is 0.395. The molecule has 1 aromatic carbocycles. The summed E-state index contributed by atoms with van der Waals surface area (Å²) in [4.78, 5) is 60.4. The first-order valence-electron chi connectivity index (χ1n) is 12.0. The summed E-state index contributed by atoms with van der Waals surface area (Å²) in [6, 6.07) is 8.20. The lowest BCUT2D eigenvalue weighted by molar-refractivity contribution is -0.123. The van der Waals surface area contributed by atoms with Crippen molar-refractivity contribution in [1.82, 2.24) is 25.4 Å². The first-order chi connectivity index (χ1) is 18.3. The van der Waals surface area contributed by atoms with Crippen LogP contribution in [0.25, 0.3) is 0 Å². The van der Waals surface area contributed by atoms with Crippen LogP contribution in [0, 0.1) is 0 Å². The van der Waals surface area contributed by atoms with Gasteiger partial charge in [0.25, 0.3) is 17.7 Å². The van der Waals surface area contributed by atoms with Gasteiger partial charge in [-0.05, 0) is 36.9 Å². The Morgan fingerprint density at radius 2 is 1.92 bits per heavy atom. The zero-order valence-corrected chi connectivity index (χ0v) is 24.1. The number of rotatable bonds is 6. The van der Waals surface area contributed by atoms with Gasteiger partial charge in [0.15, 0.2) is 5.01 Å². The second kappa shape index (κ2) is 12.4. The summed E-state index contributed by atoms with van der Waals surface area (Å²) in [5.41, 5.74) is 2.27. The van der Waals surface area contributed by atoms with E-state index in [0.29, 0.717) is 44.1 Å². The number of anilines is 1. The molecule has 2 aromatic heterocycles. The standard InChI is InChI=1S/C25H25ClN6O4S2.ClH/c1-31-8-6-16-19(12-31)38-24(30-16)23(35)29-17-10-14(25(36)32-9-7-27-21(33)13-32)2-3-15(17)11-28-22(34)18-4-5-20(26)37-18;/h2-5,10H,6-9,11-13H2,1H3,(H,27,33)(H,28,34)(H,29,35);1H. The van der Waals surface area contributed by atoms with Crippen LogP contribution in [0.5, 0.6) is 0 Å². The number of hydrogen-bond donors (Lipinski definition) is 3. The van der Waals surface area contributed by atoms with Gasteiger partial charge < -0.3 is 25.8 Å². The number of carbonyl (C=O) groups is 4. The third-order valence-corrected chi connectivity index (χ3v) is 8.59. The Morgan fingerprint density at radius 1 is 1.10 bits per heavy atom. The number of benzene rings is 1. The van der Waals surface area contributed by atoms with Gasteiger partial charge >= 0.3 is 0 Å². The first kappa shape index (κ1) is 29.0. The molecule has 206 valence electrons. The molecule has 4 heterocycles. The average molecular weight is 610 g/mol. The van der Waals surface area contributed by atoms with Crippen LogP contribution in [0.15, 0.2) is 30.3 Å². The summed E-state index contributed by atoms with van der Waals surface area (Å²) < 4.78 is 0.509. The number of thiazole rings is 1. The molecule has 0 atom stereocenters. The van der Waals surface area contributed by atoms with Crippen LogP contribution in [-0.4, -0.2) is 71.6 Å². The molecule has 0 aliphatic carbocycles. The minimum Gasteiger partial charge on any atom is -0.353 e. The van der Waals surface area contributed by atoms with Crippen LogP contribution in [0.1, 0.15) is 46.0 Å². The smallest absolute Gasteiger partial charge is 0.284 e. The number of likely N-dealkylation sites (N-methyl/N-ethyl adjacent to an activating group) is 1. The predicted molar refractivity (Wildman–Crippen MR) is 153 cm³/mol. The van der Waals surface area contributed by atoms with E-state index in [1.165, 1.54) is 27.6 Å². The van der Waals surface area contributed by atoms with E-state index in [0.717, 1.165) is 30.1 Å². The number of amides is 4. The monoisotopic (exact) mass is 608 g/mol. The van der Waals surface area contributed by atoms with Crippen molar-refractivity contribution in [3.05, 3.63) is 66.3 Å². The molecule has 2 aliphatic rings. The van der Waals surface area contributed by atoms with Crippen LogP contribution < -0.4 is 16.0 Å². The highest BCUT2D eigenvalue weighted by Gasteiger charge is 2.25. The Kier molecular flexibility index (Phi) is 9.23. The molecule has 0 radical (unpaired) electrons. The second-order valence-corrected chi connectivity index (χ2v) is 11.9. The van der Waals surface area contributed by atoms with E-state index in [9.17, 15) is 19.2 Å². The molecule has 3 aromatic rings. The average Bonchev–Trinajstić information content (AvgIpc) is 3.53. The van der Waals surface area contributed by atoms with Crippen molar-refractivity contribution in [2.24, 2.45) is 0 Å². The predicted octanol–water partition coefficient (Wildman–Crippen LogP) is 3.02. The number of nitrogens with zero attached hydrogens (tertiary/aromatic N) is 3. The lowest BCUT2D eigenvalue weighted by Gasteiger charge is -2.27. The molecule has 3 N–H and O–H groups in total. The molecule has 0 saturated carbocycles. The molecule has 0 spiro atoms. The number of thiophene rings is 1. The zero-order valence-electron chi connectivity index (χ0n) is 20.9. The molecule has 1 fully saturated rings. The van der Waals surface area contributed by atoms with Crippen LogP contribution in [0.3, 0.4) is 0 Å². The van der Waals surface area contributed by atoms with Crippen molar-refractivity contribution >= 4 is 76.0 Å². The first-order valence-corrected chi connectivity index (χ1v) is 14.0. The maximum atomic E-state index is 13.2. The zero-order chi connectivity index (χ0) is 26.8. The van der Waals surface area contributed by atoms with Gasteiger partial charge in [0.2, 0.25) is 5.91 Å². The van der Waals surface area contributed by atoms with Gasteiger partial charge in [0.05, 0.1) is 21.5 Å². The van der Waals surface area contributed by atoms with E-state index in [-0.39, 0.29) is 49.1 Å². The molecule has 1 saturated heterocycles. The van der Waals surface area contributed by atoms with Crippen molar-refractivity contribution in [2.75, 3.05) is 38.5 Å². The third-order valence-electron chi connectivity index (χ3n) is 6.28. The van der Waals surface area contributed by atoms with Crippen molar-refractivity contribution in [3.63, 3.8) is 0 Å². The highest BCUT2D eigenvalue weighted by molar-refractivity contribution is 7.18. The van der Waals surface area contributed by atoms with E-state index < -0.39 is 0 Å². The SMILES string of the molecule is CN1CCc2nc(C(=O)Nc3cc(C(=O)N4CCNC(=O)C4)ccc3CNC(=O)c3ccc(Cl)s3)sc2C1.Cl. The molecule has 10 nitrogen and oxygen atoms in total. The fraction of sp³-hybridized carbons (Fsp3) is 0.320. The van der Waals surface area contributed by atoms with Crippen molar-refractivity contribution < 1.29 is 19.2 Å². The summed E-state index contributed by atoms with van der Waals surface area (Å²) >= 11 is 8.48. The van der Waals surface area contributed by atoms with Gasteiger partial charge in [-0.1, -0.05) is 17.7 Å². The van der Waals surface area contributed by atoms with E-state index in [2.05, 4.69) is 25.8 Å². The van der Waals surface area contributed by atoms with E-state index >= 15 is 0 Å². The van der Waals surface area contributed by atoms with Crippen molar-refractivity contribution in [1.29, 1.82) is 0 Å². The van der Waals surface area contributed by atoms with Gasteiger partial charge in [-0.25, -0.2) is 4.98 Å². The minimum atomic E-state index is -0.383. The van der Waals surface area contributed by atoms with E-state index in [1.54, 1.807) is 30.3 Å². The Labute approximate surface area is 244 Å². The molecule has 39 heavy (non-hydrogen) atoms. The maximum Gasteiger partial charge on any atom is 0.284 e. The number of fused-ring (bicyclic) bond motifs is 1. The molecule has 5 rings (SSSR count). The normalized spacial score (nSPS) is 15.1. The largest absolute Gasteiger partial charge is 0.353 e. The van der Waals surface area contributed by atoms with E-state index in [4.69, 9.17) is 11.6 Å². The summed E-state index contributed by atoms with van der Waals surface area (Å²) in [6.07, 6.45) is 0.785. The number of carbonyl (C=O) groups excluding carboxylic acids is 4. The summed E-state index contributed by atoms with van der Waals surface area (Å²) in [7, 11) is 2.03. The Hall–Kier alpha value is -3.03. The molecule has 14 heteroatoms. The highest BCUT2D eigenvalue weighted by Crippen LogP contribution is 2.27. The summed E-state index contributed by atoms with van der Waals surface area (Å²) in [5, 5.41) is 8.78. The van der Waals surface area contributed by atoms with Gasteiger partial charge in [-0.15, -0.1) is 35.1 Å². The van der Waals surface area contributed by atoms with Crippen LogP contribution in [0.2, 0.25) is 4.34 Å². The fourth-order valence-corrected chi connectivity index (χ4v) is 6.31. The third kappa shape index (κ3) is 6.76. The van der Waals surface area contributed by atoms with Crippen LogP contribution in [-0.2, 0) is 24.3 Å². The molecule has 0 unspecified atom stereocenters. The Bertz CT molecular complexity index is 1430. The van der Waals surface area contributed by atoms with Gasteiger partial charge in [0, 0.05) is 55.3 Å². The highest BCUT2D eigenvalue weighted by atomic mass is 35.5. The molecule has 2 aliphatic heterocycles. The number of aromatic nitrogens is 1. The topological polar surface area (TPSA) is 124 Å². The number of hydrogen-bond acceptors (Lipinski definition) is 8. The summed E-state index contributed by atoms with van der Waals surface area (Å²) in [5.74, 6) is -1.21. The van der Waals surface area contributed by atoms with Crippen molar-refractivity contribution in [3.8, 4) is 0 Å². The van der Waals surface area contributed by atoms with Crippen LogP contribution >= 0.6 is 46.7 Å². The van der Waals surface area contributed by atoms with Gasteiger partial charge in [-0.2, -0.15) is 0 Å². The molecule has 0 bridgehead atoms. The second-order valence-electron chi connectivity index (χ2n) is 9.07. The van der Waals surface area contributed by atoms with Gasteiger partial charge in [-0.3, -0.25) is 19.2 Å². The summed E-state index contributed by atoms with van der Waals surface area (Å²) in [6.45, 7) is 2.50. The Morgan fingerprint density at radius 3 is 2.67 bits per heavy atom.